The van der Waals surface area contributed by atoms with Gasteiger partial charge in [0.05, 0.1) is 17.4 Å². The highest BCUT2D eigenvalue weighted by Gasteiger charge is 2.43. The third kappa shape index (κ3) is 5.08. The van der Waals surface area contributed by atoms with Crippen LogP contribution in [0.1, 0.15) is 66.1 Å². The van der Waals surface area contributed by atoms with Crippen LogP contribution in [0.2, 0.25) is 0 Å². The Hall–Kier alpha value is -3.71. The highest BCUT2D eigenvalue weighted by molar-refractivity contribution is 7.22. The lowest BCUT2D eigenvalue weighted by molar-refractivity contribution is -0.274. The van der Waals surface area contributed by atoms with Gasteiger partial charge in [-0.25, -0.2) is 9.37 Å². The van der Waals surface area contributed by atoms with Crippen LogP contribution in [0.5, 0.6) is 5.75 Å². The molecule has 2 aliphatic heterocycles. The Labute approximate surface area is 241 Å². The Morgan fingerprint density at radius 2 is 1.86 bits per heavy atom. The van der Waals surface area contributed by atoms with Gasteiger partial charge in [-0.1, -0.05) is 28.6 Å². The van der Waals surface area contributed by atoms with Gasteiger partial charge >= 0.3 is 6.36 Å². The summed E-state index contributed by atoms with van der Waals surface area (Å²) in [5.41, 5.74) is 6.82. The number of aromatic nitrogens is 2. The lowest BCUT2D eigenvalue weighted by Crippen LogP contribution is -2.45. The Kier molecular flexibility index (Phi) is 6.61. The number of hydrogen-bond donors (Lipinski definition) is 1. The van der Waals surface area contributed by atoms with Gasteiger partial charge in [0, 0.05) is 34.7 Å². The van der Waals surface area contributed by atoms with Crippen molar-refractivity contribution in [1.82, 2.24) is 10.1 Å². The second-order valence-electron chi connectivity index (χ2n) is 11.1. The molecule has 2 saturated heterocycles. The fraction of sp³-hybridized carbons (Fsp3) is 0.414. The molecule has 0 spiro atoms. The highest BCUT2D eigenvalue weighted by Crippen LogP contribution is 2.47. The molecule has 2 unspecified atom stereocenters. The van der Waals surface area contributed by atoms with Crippen molar-refractivity contribution in [2.45, 2.75) is 75.6 Å². The predicted octanol–water partition coefficient (Wildman–Crippen LogP) is 6.68. The third-order valence-electron chi connectivity index (χ3n) is 8.23. The Bertz CT molecular complexity index is 1650. The predicted molar refractivity (Wildman–Crippen MR) is 146 cm³/mol. The number of amides is 1. The van der Waals surface area contributed by atoms with Crippen LogP contribution in [0.15, 0.2) is 40.9 Å². The zero-order chi connectivity index (χ0) is 29.2. The third-order valence-corrected chi connectivity index (χ3v) is 9.25. The fourth-order valence-corrected chi connectivity index (χ4v) is 7.38. The smallest absolute Gasteiger partial charge is 0.405 e. The van der Waals surface area contributed by atoms with Crippen molar-refractivity contribution in [3.8, 4) is 17.0 Å². The summed E-state index contributed by atoms with van der Waals surface area (Å²) in [5.74, 6) is -0.788. The molecule has 4 aromatic rings. The molecular weight excluding hydrogens is 576 g/mol. The number of hydrogen-bond acceptors (Lipinski definition) is 8. The average Bonchev–Trinajstić information content (AvgIpc) is 3.45. The maximum atomic E-state index is 14.7. The molecular formula is C29H26F4N4O4S. The number of piperidine rings is 1. The van der Waals surface area contributed by atoms with E-state index in [0.29, 0.717) is 39.7 Å². The minimum absolute atomic E-state index is 0.0946. The van der Waals surface area contributed by atoms with Crippen molar-refractivity contribution in [3.63, 3.8) is 0 Å². The molecule has 0 radical (unpaired) electrons. The minimum atomic E-state index is -4.84. The highest BCUT2D eigenvalue weighted by atomic mass is 32.1. The van der Waals surface area contributed by atoms with Gasteiger partial charge in [0.25, 0.3) is 0 Å². The maximum Gasteiger partial charge on any atom is 0.573 e. The van der Waals surface area contributed by atoms with Gasteiger partial charge in [-0.2, -0.15) is 0 Å². The van der Waals surface area contributed by atoms with Crippen molar-refractivity contribution >= 4 is 32.6 Å². The summed E-state index contributed by atoms with van der Waals surface area (Å²) in [4.78, 5) is 18.4. The number of primary amides is 1. The summed E-state index contributed by atoms with van der Waals surface area (Å²) in [5, 5.41) is 4.87. The van der Waals surface area contributed by atoms with E-state index in [1.807, 2.05) is 0 Å². The lowest BCUT2D eigenvalue weighted by atomic mass is 10.00. The summed E-state index contributed by atoms with van der Waals surface area (Å²) in [6.45, 7) is 0.150. The van der Waals surface area contributed by atoms with Crippen LogP contribution in [0.25, 0.3) is 21.5 Å². The van der Waals surface area contributed by atoms with Gasteiger partial charge < -0.3 is 24.6 Å². The van der Waals surface area contributed by atoms with Crippen LogP contribution >= 0.6 is 11.3 Å². The Morgan fingerprint density at radius 1 is 1.12 bits per heavy atom. The van der Waals surface area contributed by atoms with E-state index in [0.717, 1.165) is 31.7 Å². The number of halogens is 4. The van der Waals surface area contributed by atoms with Crippen molar-refractivity contribution < 1.29 is 36.4 Å². The molecule has 7 rings (SSSR count). The zero-order valence-corrected chi connectivity index (χ0v) is 23.0. The number of anilines is 1. The molecule has 2 N–H and O–H groups in total. The number of ether oxygens (including phenoxy) is 2. The molecule has 3 fully saturated rings. The number of carbonyl (C=O) groups is 1. The molecule has 1 aliphatic carbocycles. The molecule has 3 aliphatic rings. The van der Waals surface area contributed by atoms with E-state index >= 15 is 0 Å². The fourth-order valence-electron chi connectivity index (χ4n) is 6.22. The van der Waals surface area contributed by atoms with Crippen molar-refractivity contribution in [3.05, 3.63) is 59.1 Å². The van der Waals surface area contributed by atoms with Crippen LogP contribution in [0.4, 0.5) is 22.7 Å². The van der Waals surface area contributed by atoms with E-state index in [2.05, 4.69) is 19.8 Å². The molecule has 3 atom stereocenters. The number of nitrogens with two attached hydrogens (primary N) is 1. The first-order valence-electron chi connectivity index (χ1n) is 13.8. The number of benzene rings is 2. The van der Waals surface area contributed by atoms with Crippen LogP contribution < -0.4 is 15.4 Å². The summed E-state index contributed by atoms with van der Waals surface area (Å²) in [7, 11) is 0. The van der Waals surface area contributed by atoms with E-state index in [-0.39, 0.29) is 53.1 Å². The first-order chi connectivity index (χ1) is 20.1. The van der Waals surface area contributed by atoms with Gasteiger partial charge in [-0.3, -0.25) is 4.79 Å². The van der Waals surface area contributed by atoms with Crippen LogP contribution in [0, 0.1) is 5.82 Å². The van der Waals surface area contributed by atoms with Gasteiger partial charge in [0.1, 0.15) is 22.7 Å². The monoisotopic (exact) mass is 602 g/mol. The van der Waals surface area contributed by atoms with E-state index in [1.165, 1.54) is 29.5 Å². The standard InChI is InChI=1S/C29H26F4N4O4S/c30-21-9-15(27(34)38)10-23-25(21)35-28(42-23)37-16-7-8-17(37)12-18(11-16)39-13-20-24(36-41-26(20)14-5-6-14)19-3-1-2-4-22(19)40-29(31,32)33/h1-4,9-10,14,16-18H,5-8,11-13H2,(H2,34,38)/t16-,17?,18?/m0/s1. The van der Waals surface area contributed by atoms with Crippen molar-refractivity contribution in [1.29, 1.82) is 0 Å². The number of rotatable bonds is 8. The number of para-hydroxylation sites is 1. The summed E-state index contributed by atoms with van der Waals surface area (Å²) < 4.78 is 70.9. The van der Waals surface area contributed by atoms with E-state index in [1.54, 1.807) is 12.1 Å². The number of fused-ring (bicyclic) bond motifs is 3. The van der Waals surface area contributed by atoms with Crippen molar-refractivity contribution in [2.75, 3.05) is 4.90 Å². The lowest BCUT2D eigenvalue weighted by Gasteiger charge is -2.38. The molecule has 2 aromatic carbocycles. The summed E-state index contributed by atoms with van der Waals surface area (Å²) >= 11 is 1.34. The minimum Gasteiger partial charge on any atom is -0.405 e. The van der Waals surface area contributed by atoms with E-state index in [4.69, 9.17) is 15.0 Å². The van der Waals surface area contributed by atoms with Crippen molar-refractivity contribution in [2.24, 2.45) is 5.73 Å². The molecule has 1 saturated carbocycles. The molecule has 4 heterocycles. The number of nitrogens with zero attached hydrogens (tertiary/aromatic N) is 3. The van der Waals surface area contributed by atoms with Crippen LogP contribution in [0.3, 0.4) is 0 Å². The number of thiazole rings is 1. The first kappa shape index (κ1) is 27.1. The SMILES string of the molecule is NC(=O)c1cc(F)c2nc(N3C4CC[C@H]3CC(OCc3c(-c5ccccc5OC(F)(F)F)noc3C3CC3)C4)sc2c1. The molecule has 8 nitrogen and oxygen atoms in total. The van der Waals surface area contributed by atoms with E-state index < -0.39 is 18.1 Å². The maximum absolute atomic E-state index is 14.7. The molecule has 1 amide bonds. The van der Waals surface area contributed by atoms with Crippen LogP contribution in [-0.2, 0) is 11.3 Å². The molecule has 42 heavy (non-hydrogen) atoms. The van der Waals surface area contributed by atoms with Gasteiger partial charge in [-0.05, 0) is 62.8 Å². The first-order valence-corrected chi connectivity index (χ1v) is 14.6. The largest absolute Gasteiger partial charge is 0.573 e. The van der Waals surface area contributed by atoms with Crippen LogP contribution in [-0.4, -0.2) is 40.6 Å². The van der Waals surface area contributed by atoms with E-state index in [9.17, 15) is 22.4 Å². The average molecular weight is 603 g/mol. The van der Waals surface area contributed by atoms with Gasteiger partial charge in [-0.15, -0.1) is 13.2 Å². The summed E-state index contributed by atoms with van der Waals surface area (Å²) in [6, 6.07) is 8.86. The molecule has 220 valence electrons. The van der Waals surface area contributed by atoms with Gasteiger partial charge in [0.15, 0.2) is 10.9 Å². The summed E-state index contributed by atoms with van der Waals surface area (Å²) in [6.07, 6.45) is 0.212. The molecule has 2 aromatic heterocycles. The number of alkyl halides is 3. The second kappa shape index (κ2) is 10.2. The number of carbonyl (C=O) groups excluding carboxylic acids is 1. The topological polar surface area (TPSA) is 104 Å². The normalized spacial score (nSPS) is 22.2. The second-order valence-corrected chi connectivity index (χ2v) is 12.1. The molecule has 2 bridgehead atoms. The Balaban J connectivity index is 1.10. The molecule has 13 heteroatoms. The Morgan fingerprint density at radius 3 is 2.55 bits per heavy atom. The zero-order valence-electron chi connectivity index (χ0n) is 22.2. The quantitative estimate of drug-likeness (QED) is 0.224. The van der Waals surface area contributed by atoms with Gasteiger partial charge in [0.2, 0.25) is 5.91 Å².